The zero-order valence-corrected chi connectivity index (χ0v) is 12.8. The Labute approximate surface area is 132 Å². The SMILES string of the molecule is CN(C(=O)c1cc[nH]c1)[C@H]1c2cc(Cl)cc(Cl)c2C[C@H]1O. The first-order valence-electron chi connectivity index (χ1n) is 6.55. The van der Waals surface area contributed by atoms with Crippen LogP contribution in [0.5, 0.6) is 0 Å². The summed E-state index contributed by atoms with van der Waals surface area (Å²) in [6, 6.07) is 4.68. The maximum Gasteiger partial charge on any atom is 0.255 e. The summed E-state index contributed by atoms with van der Waals surface area (Å²) in [4.78, 5) is 16.8. The molecule has 1 heterocycles. The molecule has 1 aliphatic rings. The van der Waals surface area contributed by atoms with Crippen LogP contribution in [0.2, 0.25) is 10.0 Å². The maximum absolute atomic E-state index is 12.4. The topological polar surface area (TPSA) is 56.3 Å². The first-order chi connectivity index (χ1) is 9.99. The molecule has 1 aromatic heterocycles. The van der Waals surface area contributed by atoms with Crippen LogP contribution in [0, 0.1) is 0 Å². The number of nitrogens with zero attached hydrogens (tertiary/aromatic N) is 1. The van der Waals surface area contributed by atoms with E-state index in [1.165, 1.54) is 4.90 Å². The molecule has 0 fully saturated rings. The van der Waals surface area contributed by atoms with Gasteiger partial charge in [0.15, 0.2) is 0 Å². The van der Waals surface area contributed by atoms with E-state index in [9.17, 15) is 9.90 Å². The van der Waals surface area contributed by atoms with Crippen molar-refractivity contribution in [2.45, 2.75) is 18.6 Å². The number of hydrogen-bond donors (Lipinski definition) is 2. The predicted molar refractivity (Wildman–Crippen MR) is 81.8 cm³/mol. The van der Waals surface area contributed by atoms with Crippen molar-refractivity contribution in [1.29, 1.82) is 0 Å². The van der Waals surface area contributed by atoms with Gasteiger partial charge in [-0.15, -0.1) is 0 Å². The molecule has 110 valence electrons. The van der Waals surface area contributed by atoms with E-state index in [2.05, 4.69) is 4.98 Å². The maximum atomic E-state index is 12.4. The highest BCUT2D eigenvalue weighted by atomic mass is 35.5. The number of carbonyl (C=O) groups excluding carboxylic acids is 1. The van der Waals surface area contributed by atoms with E-state index in [-0.39, 0.29) is 5.91 Å². The molecule has 6 heteroatoms. The van der Waals surface area contributed by atoms with Gasteiger partial charge in [-0.25, -0.2) is 0 Å². The molecule has 0 spiro atoms. The van der Waals surface area contributed by atoms with Gasteiger partial charge in [0.25, 0.3) is 5.91 Å². The number of aliphatic hydroxyl groups is 1. The van der Waals surface area contributed by atoms with E-state index in [4.69, 9.17) is 23.2 Å². The molecule has 1 amide bonds. The van der Waals surface area contributed by atoms with E-state index in [1.54, 1.807) is 37.6 Å². The van der Waals surface area contributed by atoms with Crippen LogP contribution >= 0.6 is 23.2 Å². The van der Waals surface area contributed by atoms with Gasteiger partial charge in [0, 0.05) is 35.9 Å². The molecular weight excluding hydrogens is 311 g/mol. The van der Waals surface area contributed by atoms with Crippen molar-refractivity contribution in [3.05, 3.63) is 57.3 Å². The van der Waals surface area contributed by atoms with Crippen LogP contribution < -0.4 is 0 Å². The van der Waals surface area contributed by atoms with Gasteiger partial charge < -0.3 is 15.0 Å². The number of aliphatic hydroxyl groups excluding tert-OH is 1. The van der Waals surface area contributed by atoms with Crippen LogP contribution in [0.4, 0.5) is 0 Å². The molecule has 2 aromatic rings. The number of H-pyrrole nitrogens is 1. The Balaban J connectivity index is 1.99. The van der Waals surface area contributed by atoms with Crippen LogP contribution in [0.3, 0.4) is 0 Å². The summed E-state index contributed by atoms with van der Waals surface area (Å²) in [7, 11) is 1.67. The number of halogens is 2. The standard InChI is InChI=1S/C15H14Cl2N2O2/c1-19(15(21)8-2-3-18-7-8)14-11-4-9(16)5-12(17)10(11)6-13(14)20/h2-5,7,13-14,18,20H,6H2,1H3/t13-,14+/m1/s1. The number of benzene rings is 1. The van der Waals surface area contributed by atoms with Crippen LogP contribution in [0.15, 0.2) is 30.6 Å². The quantitative estimate of drug-likeness (QED) is 0.892. The van der Waals surface area contributed by atoms with E-state index in [0.717, 1.165) is 11.1 Å². The highest BCUT2D eigenvalue weighted by Gasteiger charge is 2.37. The third-order valence-corrected chi connectivity index (χ3v) is 4.43. The molecule has 1 aliphatic carbocycles. The van der Waals surface area contributed by atoms with Crippen LogP contribution in [0.1, 0.15) is 27.5 Å². The Bertz CT molecular complexity index is 685. The average molecular weight is 325 g/mol. The zero-order chi connectivity index (χ0) is 15.1. The summed E-state index contributed by atoms with van der Waals surface area (Å²) in [5.41, 5.74) is 2.21. The lowest BCUT2D eigenvalue weighted by Crippen LogP contribution is -2.35. The second-order valence-corrected chi connectivity index (χ2v) is 6.03. The zero-order valence-electron chi connectivity index (χ0n) is 11.3. The van der Waals surface area contributed by atoms with Crippen molar-refractivity contribution in [3.8, 4) is 0 Å². The number of aromatic amines is 1. The Morgan fingerprint density at radius 1 is 1.43 bits per heavy atom. The lowest BCUT2D eigenvalue weighted by Gasteiger charge is -2.28. The minimum absolute atomic E-state index is 0.163. The smallest absolute Gasteiger partial charge is 0.255 e. The Hall–Kier alpha value is -1.49. The van der Waals surface area contributed by atoms with Crippen LogP contribution in [-0.4, -0.2) is 34.0 Å². The molecule has 21 heavy (non-hydrogen) atoms. The Morgan fingerprint density at radius 3 is 2.86 bits per heavy atom. The molecule has 0 saturated carbocycles. The Morgan fingerprint density at radius 2 is 2.19 bits per heavy atom. The van der Waals surface area contributed by atoms with E-state index in [1.807, 2.05) is 0 Å². The number of hydrogen-bond acceptors (Lipinski definition) is 2. The summed E-state index contributed by atoms with van der Waals surface area (Å²) in [5.74, 6) is -0.163. The van der Waals surface area contributed by atoms with Gasteiger partial charge in [-0.3, -0.25) is 4.79 Å². The number of rotatable bonds is 2. The van der Waals surface area contributed by atoms with E-state index >= 15 is 0 Å². The Kier molecular flexibility index (Phi) is 3.69. The van der Waals surface area contributed by atoms with Crippen molar-refractivity contribution in [2.24, 2.45) is 0 Å². The van der Waals surface area contributed by atoms with Gasteiger partial charge >= 0.3 is 0 Å². The van der Waals surface area contributed by atoms with Crippen molar-refractivity contribution in [2.75, 3.05) is 7.05 Å². The first-order valence-corrected chi connectivity index (χ1v) is 7.30. The highest BCUT2D eigenvalue weighted by molar-refractivity contribution is 6.35. The van der Waals surface area contributed by atoms with Gasteiger partial charge in [-0.1, -0.05) is 23.2 Å². The average Bonchev–Trinajstić information content (AvgIpc) is 3.04. The number of fused-ring (bicyclic) bond motifs is 1. The molecule has 1 aromatic carbocycles. The second-order valence-electron chi connectivity index (χ2n) is 5.19. The third kappa shape index (κ3) is 2.44. The number of carbonyl (C=O) groups is 1. The number of nitrogens with one attached hydrogen (secondary N) is 1. The first kappa shape index (κ1) is 14.4. The van der Waals surface area contributed by atoms with Crippen molar-refractivity contribution >= 4 is 29.1 Å². The minimum atomic E-state index is -0.691. The summed E-state index contributed by atoms with van der Waals surface area (Å²) < 4.78 is 0. The molecule has 0 saturated heterocycles. The van der Waals surface area contributed by atoms with Crippen molar-refractivity contribution in [3.63, 3.8) is 0 Å². The largest absolute Gasteiger partial charge is 0.390 e. The van der Waals surface area contributed by atoms with Crippen LogP contribution in [-0.2, 0) is 6.42 Å². The number of amides is 1. The summed E-state index contributed by atoms with van der Waals surface area (Å²) in [6.07, 6.45) is 3.05. The normalized spacial score (nSPS) is 20.4. The van der Waals surface area contributed by atoms with Crippen LogP contribution in [0.25, 0.3) is 0 Å². The molecule has 4 nitrogen and oxygen atoms in total. The van der Waals surface area contributed by atoms with Gasteiger partial charge in [0.1, 0.15) is 0 Å². The van der Waals surface area contributed by atoms with E-state index in [0.29, 0.717) is 22.0 Å². The number of aromatic nitrogens is 1. The highest BCUT2D eigenvalue weighted by Crippen LogP contribution is 2.41. The molecular formula is C15H14Cl2N2O2. The predicted octanol–water partition coefficient (Wildman–Crippen LogP) is 3.05. The molecule has 0 unspecified atom stereocenters. The molecule has 0 bridgehead atoms. The minimum Gasteiger partial charge on any atom is -0.390 e. The molecule has 3 rings (SSSR count). The van der Waals surface area contributed by atoms with Gasteiger partial charge in [-0.05, 0) is 29.3 Å². The van der Waals surface area contributed by atoms with Gasteiger partial charge in [0.05, 0.1) is 17.7 Å². The second kappa shape index (κ2) is 5.37. The summed E-state index contributed by atoms with van der Waals surface area (Å²) in [6.45, 7) is 0. The fourth-order valence-corrected chi connectivity index (χ4v) is 3.47. The summed E-state index contributed by atoms with van der Waals surface area (Å²) in [5, 5.41) is 11.4. The van der Waals surface area contributed by atoms with E-state index < -0.39 is 12.1 Å². The monoisotopic (exact) mass is 324 g/mol. The molecule has 0 aliphatic heterocycles. The van der Waals surface area contributed by atoms with Gasteiger partial charge in [0.2, 0.25) is 0 Å². The fraction of sp³-hybridized carbons (Fsp3) is 0.267. The lowest BCUT2D eigenvalue weighted by molar-refractivity contribution is 0.0497. The van der Waals surface area contributed by atoms with Crippen molar-refractivity contribution in [1.82, 2.24) is 9.88 Å². The molecule has 2 atom stereocenters. The number of likely N-dealkylation sites (N-methyl/N-ethyl adjacent to an activating group) is 1. The fourth-order valence-electron chi connectivity index (χ4n) is 2.88. The summed E-state index contributed by atoms with van der Waals surface area (Å²) >= 11 is 12.2. The molecule has 0 radical (unpaired) electrons. The van der Waals surface area contributed by atoms with Crippen molar-refractivity contribution < 1.29 is 9.90 Å². The third-order valence-electron chi connectivity index (χ3n) is 3.87. The molecule has 2 N–H and O–H groups in total. The lowest BCUT2D eigenvalue weighted by atomic mass is 10.1. The van der Waals surface area contributed by atoms with Gasteiger partial charge in [-0.2, -0.15) is 0 Å².